The van der Waals surface area contributed by atoms with Gasteiger partial charge in [-0.2, -0.15) is 0 Å². The Hall–Kier alpha value is -2.36. The SMILES string of the molecule is Cc1ccc(C=O)c(C(=O)c2ccccc2F)c1F. The minimum Gasteiger partial charge on any atom is -0.298 e. The zero-order valence-electron chi connectivity index (χ0n) is 10.1. The Kier molecular flexibility index (Phi) is 3.51. The van der Waals surface area contributed by atoms with Gasteiger partial charge in [-0.15, -0.1) is 0 Å². The van der Waals surface area contributed by atoms with Crippen LogP contribution in [0.15, 0.2) is 36.4 Å². The molecular formula is C15H10F2O2. The molecule has 96 valence electrons. The normalized spacial score (nSPS) is 10.3. The van der Waals surface area contributed by atoms with E-state index in [-0.39, 0.29) is 22.3 Å². The third-order valence-corrected chi connectivity index (χ3v) is 2.84. The molecule has 2 nitrogen and oxygen atoms in total. The van der Waals surface area contributed by atoms with E-state index in [9.17, 15) is 18.4 Å². The molecule has 0 fully saturated rings. The third-order valence-electron chi connectivity index (χ3n) is 2.84. The number of carbonyl (C=O) groups excluding carboxylic acids is 2. The first-order valence-electron chi connectivity index (χ1n) is 5.59. The van der Waals surface area contributed by atoms with Gasteiger partial charge in [0.05, 0.1) is 11.1 Å². The molecule has 0 amide bonds. The topological polar surface area (TPSA) is 34.1 Å². The zero-order valence-corrected chi connectivity index (χ0v) is 10.1. The Morgan fingerprint density at radius 1 is 1.11 bits per heavy atom. The molecule has 0 aromatic heterocycles. The van der Waals surface area contributed by atoms with E-state index < -0.39 is 17.4 Å². The lowest BCUT2D eigenvalue weighted by molar-refractivity contribution is 0.102. The van der Waals surface area contributed by atoms with Crippen molar-refractivity contribution in [1.29, 1.82) is 0 Å². The largest absolute Gasteiger partial charge is 0.298 e. The van der Waals surface area contributed by atoms with Crippen molar-refractivity contribution in [3.63, 3.8) is 0 Å². The highest BCUT2D eigenvalue weighted by Crippen LogP contribution is 2.21. The van der Waals surface area contributed by atoms with Crippen molar-refractivity contribution in [2.24, 2.45) is 0 Å². The van der Waals surface area contributed by atoms with Crippen molar-refractivity contribution in [2.45, 2.75) is 6.92 Å². The molecule has 0 spiro atoms. The molecule has 0 saturated heterocycles. The van der Waals surface area contributed by atoms with Gasteiger partial charge in [0.25, 0.3) is 0 Å². The van der Waals surface area contributed by atoms with Crippen molar-refractivity contribution in [3.05, 3.63) is 70.3 Å². The van der Waals surface area contributed by atoms with Gasteiger partial charge in [-0.05, 0) is 24.6 Å². The number of ketones is 1. The summed E-state index contributed by atoms with van der Waals surface area (Å²) in [5.74, 6) is -2.37. The van der Waals surface area contributed by atoms with Crippen LogP contribution in [0.1, 0.15) is 31.8 Å². The molecule has 0 atom stereocenters. The molecule has 2 aromatic carbocycles. The molecule has 0 radical (unpaired) electrons. The van der Waals surface area contributed by atoms with Gasteiger partial charge in [-0.25, -0.2) is 8.78 Å². The molecule has 0 aliphatic rings. The number of rotatable bonds is 3. The number of aldehydes is 1. The van der Waals surface area contributed by atoms with E-state index in [0.717, 1.165) is 6.07 Å². The molecule has 0 aliphatic carbocycles. The van der Waals surface area contributed by atoms with Crippen LogP contribution < -0.4 is 0 Å². The molecule has 0 unspecified atom stereocenters. The Morgan fingerprint density at radius 2 is 1.79 bits per heavy atom. The van der Waals surface area contributed by atoms with Crippen LogP contribution in [0.2, 0.25) is 0 Å². The summed E-state index contributed by atoms with van der Waals surface area (Å²) < 4.78 is 27.6. The van der Waals surface area contributed by atoms with Crippen LogP contribution in [-0.4, -0.2) is 12.1 Å². The van der Waals surface area contributed by atoms with Crippen LogP contribution in [-0.2, 0) is 0 Å². The Labute approximate surface area is 108 Å². The van der Waals surface area contributed by atoms with Gasteiger partial charge in [0, 0.05) is 5.56 Å². The molecule has 2 aromatic rings. The van der Waals surface area contributed by atoms with E-state index in [1.807, 2.05) is 0 Å². The van der Waals surface area contributed by atoms with Crippen LogP contribution in [0, 0.1) is 18.6 Å². The van der Waals surface area contributed by atoms with Crippen molar-refractivity contribution < 1.29 is 18.4 Å². The predicted octanol–water partition coefficient (Wildman–Crippen LogP) is 3.32. The first-order valence-corrected chi connectivity index (χ1v) is 5.59. The second kappa shape index (κ2) is 5.10. The fourth-order valence-corrected chi connectivity index (χ4v) is 1.80. The standard InChI is InChI=1S/C15H10F2O2/c1-9-6-7-10(8-18)13(14(9)17)15(19)11-4-2-3-5-12(11)16/h2-8H,1H3. The third kappa shape index (κ3) is 2.29. The number of hydrogen-bond donors (Lipinski definition) is 0. The van der Waals surface area contributed by atoms with Gasteiger partial charge in [0.2, 0.25) is 0 Å². The molecule has 19 heavy (non-hydrogen) atoms. The van der Waals surface area contributed by atoms with E-state index in [2.05, 4.69) is 0 Å². The molecular weight excluding hydrogens is 250 g/mol. The molecule has 0 aliphatic heterocycles. The quantitative estimate of drug-likeness (QED) is 0.626. The summed E-state index contributed by atoms with van der Waals surface area (Å²) in [7, 11) is 0. The Morgan fingerprint density at radius 3 is 2.42 bits per heavy atom. The van der Waals surface area contributed by atoms with Crippen molar-refractivity contribution in [2.75, 3.05) is 0 Å². The molecule has 0 bridgehead atoms. The van der Waals surface area contributed by atoms with Crippen LogP contribution in [0.5, 0.6) is 0 Å². The predicted molar refractivity (Wildman–Crippen MR) is 66.4 cm³/mol. The monoisotopic (exact) mass is 260 g/mol. The number of hydrogen-bond acceptors (Lipinski definition) is 2. The fourth-order valence-electron chi connectivity index (χ4n) is 1.80. The Balaban J connectivity index is 2.65. The maximum absolute atomic E-state index is 14.0. The summed E-state index contributed by atoms with van der Waals surface area (Å²) in [4.78, 5) is 23.1. The fraction of sp³-hybridized carbons (Fsp3) is 0.0667. The summed E-state index contributed by atoms with van der Waals surface area (Å²) >= 11 is 0. The van der Waals surface area contributed by atoms with Gasteiger partial charge < -0.3 is 0 Å². The van der Waals surface area contributed by atoms with Crippen molar-refractivity contribution in [3.8, 4) is 0 Å². The molecule has 0 saturated carbocycles. The molecule has 0 heterocycles. The van der Waals surface area contributed by atoms with Crippen molar-refractivity contribution >= 4 is 12.1 Å². The van der Waals surface area contributed by atoms with E-state index in [1.165, 1.54) is 37.3 Å². The summed E-state index contributed by atoms with van der Waals surface area (Å²) in [6.07, 6.45) is 0.386. The smallest absolute Gasteiger partial charge is 0.199 e. The molecule has 2 rings (SSSR count). The highest BCUT2D eigenvalue weighted by atomic mass is 19.1. The number of aryl methyl sites for hydroxylation is 1. The zero-order chi connectivity index (χ0) is 14.0. The van der Waals surface area contributed by atoms with Crippen LogP contribution in [0.4, 0.5) is 8.78 Å². The van der Waals surface area contributed by atoms with Crippen LogP contribution in [0.25, 0.3) is 0 Å². The average Bonchev–Trinajstić information content (AvgIpc) is 2.41. The summed E-state index contributed by atoms with van der Waals surface area (Å²) in [6.45, 7) is 1.47. The van der Waals surface area contributed by atoms with E-state index >= 15 is 0 Å². The van der Waals surface area contributed by atoms with E-state index in [0.29, 0.717) is 6.29 Å². The lowest BCUT2D eigenvalue weighted by Crippen LogP contribution is -2.11. The van der Waals surface area contributed by atoms with Crippen LogP contribution >= 0.6 is 0 Å². The second-order valence-corrected chi connectivity index (χ2v) is 4.09. The van der Waals surface area contributed by atoms with Crippen molar-refractivity contribution in [1.82, 2.24) is 0 Å². The highest BCUT2D eigenvalue weighted by Gasteiger charge is 2.22. The van der Waals surface area contributed by atoms with Gasteiger partial charge >= 0.3 is 0 Å². The maximum atomic E-state index is 14.0. The van der Waals surface area contributed by atoms with Gasteiger partial charge in [-0.1, -0.05) is 24.3 Å². The second-order valence-electron chi connectivity index (χ2n) is 4.09. The van der Waals surface area contributed by atoms with E-state index in [4.69, 9.17) is 0 Å². The number of halogens is 2. The first-order chi connectivity index (χ1) is 9.06. The maximum Gasteiger partial charge on any atom is 0.199 e. The average molecular weight is 260 g/mol. The van der Waals surface area contributed by atoms with Gasteiger partial charge in [0.1, 0.15) is 11.6 Å². The van der Waals surface area contributed by atoms with E-state index in [1.54, 1.807) is 0 Å². The lowest BCUT2D eigenvalue weighted by Gasteiger charge is -2.08. The summed E-state index contributed by atoms with van der Waals surface area (Å²) in [5.41, 5.74) is -0.503. The highest BCUT2D eigenvalue weighted by molar-refractivity contribution is 6.13. The Bertz CT molecular complexity index is 663. The minimum absolute atomic E-state index is 0.0867. The lowest BCUT2D eigenvalue weighted by atomic mass is 9.96. The summed E-state index contributed by atoms with van der Waals surface area (Å²) in [6, 6.07) is 8.02. The summed E-state index contributed by atoms with van der Waals surface area (Å²) in [5, 5.41) is 0. The number of benzene rings is 2. The first kappa shape index (κ1) is 13.1. The molecule has 0 N–H and O–H groups in total. The van der Waals surface area contributed by atoms with Gasteiger partial charge in [-0.3, -0.25) is 9.59 Å². The minimum atomic E-state index is -0.832. The number of carbonyl (C=O) groups is 2. The van der Waals surface area contributed by atoms with Gasteiger partial charge in [0.15, 0.2) is 12.1 Å². The molecule has 4 heteroatoms. The van der Waals surface area contributed by atoms with Crippen LogP contribution in [0.3, 0.4) is 0 Å².